The van der Waals surface area contributed by atoms with Crippen molar-refractivity contribution in [1.29, 1.82) is 0 Å². The molecular weight excluding hydrogens is 264 g/mol. The number of aliphatic hydroxyl groups excluding tert-OH is 1. The van der Waals surface area contributed by atoms with Crippen molar-refractivity contribution in [3.05, 3.63) is 0 Å². The van der Waals surface area contributed by atoms with Gasteiger partial charge in [-0.15, -0.1) is 0 Å². The predicted molar refractivity (Wildman–Crippen MR) is 79.9 cm³/mol. The van der Waals surface area contributed by atoms with Gasteiger partial charge in [-0.3, -0.25) is 0 Å². The molecule has 0 aromatic carbocycles. The minimum absolute atomic E-state index is 0.0329. The lowest BCUT2D eigenvalue weighted by molar-refractivity contribution is -0.0310. The van der Waals surface area contributed by atoms with Gasteiger partial charge in [0.15, 0.2) is 0 Å². The van der Waals surface area contributed by atoms with Crippen LogP contribution in [0.2, 0.25) is 0 Å². The van der Waals surface area contributed by atoms with E-state index in [-0.39, 0.29) is 6.10 Å². The van der Waals surface area contributed by atoms with Crippen LogP contribution < -0.4 is 5.32 Å². The van der Waals surface area contributed by atoms with Gasteiger partial charge in [-0.1, -0.05) is 0 Å². The fourth-order valence-corrected chi connectivity index (χ4v) is 2.93. The molecule has 6 heteroatoms. The molecule has 0 aromatic rings. The smallest absolute Gasteiger partial charge is 0.0897 e. The third-order valence-electron chi connectivity index (χ3n) is 3.06. The number of nitrogens with zero attached hydrogens (tertiary/aromatic N) is 1. The summed E-state index contributed by atoms with van der Waals surface area (Å²) in [7, 11) is 1.65. The van der Waals surface area contributed by atoms with Crippen molar-refractivity contribution in [3.63, 3.8) is 0 Å². The molecular formula is C13H28N2O3S. The Labute approximate surface area is 121 Å². The van der Waals surface area contributed by atoms with Crippen LogP contribution in [0.5, 0.6) is 0 Å². The molecule has 0 bridgehead atoms. The molecule has 19 heavy (non-hydrogen) atoms. The Morgan fingerprint density at radius 2 is 2.05 bits per heavy atom. The number of methoxy groups -OCH3 is 1. The maximum absolute atomic E-state index is 9.76. The van der Waals surface area contributed by atoms with Crippen molar-refractivity contribution in [1.82, 2.24) is 10.2 Å². The number of hydrogen-bond donors (Lipinski definition) is 2. The van der Waals surface area contributed by atoms with E-state index >= 15 is 0 Å². The summed E-state index contributed by atoms with van der Waals surface area (Å²) in [6.07, 6.45) is -0.415. The first-order valence-electron chi connectivity index (χ1n) is 7.01. The Morgan fingerprint density at radius 1 is 1.32 bits per heavy atom. The zero-order chi connectivity index (χ0) is 13.9. The van der Waals surface area contributed by atoms with Gasteiger partial charge in [0.05, 0.1) is 25.4 Å². The monoisotopic (exact) mass is 292 g/mol. The van der Waals surface area contributed by atoms with Gasteiger partial charge < -0.3 is 24.8 Å². The first-order valence-corrected chi connectivity index (χ1v) is 8.17. The van der Waals surface area contributed by atoms with Gasteiger partial charge >= 0.3 is 0 Å². The van der Waals surface area contributed by atoms with E-state index < -0.39 is 6.10 Å². The Balaban J connectivity index is 1.93. The van der Waals surface area contributed by atoms with Gasteiger partial charge in [0.25, 0.3) is 0 Å². The predicted octanol–water partition coefficient (Wildman–Crippen LogP) is 0.0372. The van der Waals surface area contributed by atoms with Gasteiger partial charge in [-0.25, -0.2) is 0 Å². The van der Waals surface area contributed by atoms with Crippen LogP contribution in [0.1, 0.15) is 6.92 Å². The fraction of sp³-hybridized carbons (Fsp3) is 1.00. The molecule has 2 unspecified atom stereocenters. The van der Waals surface area contributed by atoms with Gasteiger partial charge in [-0.2, -0.15) is 11.8 Å². The van der Waals surface area contributed by atoms with Crippen LogP contribution in [0.25, 0.3) is 0 Å². The Hall–Kier alpha value is 0.150. The molecule has 2 N–H and O–H groups in total. The van der Waals surface area contributed by atoms with Crippen molar-refractivity contribution in [2.24, 2.45) is 0 Å². The third-order valence-corrected chi connectivity index (χ3v) is 4.01. The Bertz CT molecular complexity index is 216. The number of aliphatic hydroxyl groups is 1. The summed E-state index contributed by atoms with van der Waals surface area (Å²) in [5, 5.41) is 13.0. The second kappa shape index (κ2) is 10.9. The first kappa shape index (κ1) is 17.2. The van der Waals surface area contributed by atoms with E-state index in [1.807, 2.05) is 18.7 Å². The molecule has 1 heterocycles. The quantitative estimate of drug-likeness (QED) is 0.555. The summed E-state index contributed by atoms with van der Waals surface area (Å²) in [5.74, 6) is 2.49. The lowest BCUT2D eigenvalue weighted by Gasteiger charge is -2.26. The highest BCUT2D eigenvalue weighted by molar-refractivity contribution is 7.99. The second-order valence-electron chi connectivity index (χ2n) is 4.91. The molecule has 1 saturated heterocycles. The SMILES string of the molecule is COCC(C)OCC(O)CNCCN1CCSCC1. The van der Waals surface area contributed by atoms with Crippen LogP contribution in [-0.2, 0) is 9.47 Å². The van der Waals surface area contributed by atoms with Gasteiger partial charge in [-0.05, 0) is 6.92 Å². The average Bonchev–Trinajstić information content (AvgIpc) is 2.43. The summed E-state index contributed by atoms with van der Waals surface area (Å²) in [6.45, 7) is 7.81. The molecule has 1 aliphatic heterocycles. The van der Waals surface area contributed by atoms with Gasteiger partial charge in [0.2, 0.25) is 0 Å². The summed E-state index contributed by atoms with van der Waals surface area (Å²) in [4.78, 5) is 2.47. The van der Waals surface area contributed by atoms with Crippen LogP contribution in [0.3, 0.4) is 0 Å². The van der Waals surface area contributed by atoms with E-state index in [0.29, 0.717) is 19.8 Å². The van der Waals surface area contributed by atoms with E-state index in [1.54, 1.807) is 7.11 Å². The molecule has 0 radical (unpaired) electrons. The second-order valence-corrected chi connectivity index (χ2v) is 6.14. The van der Waals surface area contributed by atoms with Crippen molar-refractivity contribution >= 4 is 11.8 Å². The third kappa shape index (κ3) is 8.83. The molecule has 0 aromatic heterocycles. The van der Waals surface area contributed by atoms with Crippen LogP contribution in [0.15, 0.2) is 0 Å². The summed E-state index contributed by atoms with van der Waals surface area (Å²) >= 11 is 2.03. The van der Waals surface area contributed by atoms with Crippen molar-refractivity contribution in [2.45, 2.75) is 19.1 Å². The minimum atomic E-state index is -0.448. The molecule has 0 amide bonds. The molecule has 2 atom stereocenters. The van der Waals surface area contributed by atoms with Crippen LogP contribution in [-0.4, -0.2) is 86.8 Å². The van der Waals surface area contributed by atoms with Crippen LogP contribution >= 0.6 is 11.8 Å². The molecule has 5 nitrogen and oxygen atoms in total. The molecule has 1 rings (SSSR count). The first-order chi connectivity index (χ1) is 9.22. The van der Waals surface area contributed by atoms with E-state index in [9.17, 15) is 5.11 Å². The van der Waals surface area contributed by atoms with Crippen molar-refractivity contribution in [3.8, 4) is 0 Å². The summed E-state index contributed by atoms with van der Waals surface area (Å²) in [5.41, 5.74) is 0. The van der Waals surface area contributed by atoms with Gasteiger partial charge in [0.1, 0.15) is 0 Å². The van der Waals surface area contributed by atoms with E-state index in [0.717, 1.165) is 13.1 Å². The number of ether oxygens (including phenoxy) is 2. The zero-order valence-electron chi connectivity index (χ0n) is 12.1. The number of nitrogens with one attached hydrogen (secondary N) is 1. The lowest BCUT2D eigenvalue weighted by atomic mass is 10.3. The summed E-state index contributed by atoms with van der Waals surface area (Å²) in [6, 6.07) is 0. The molecule has 0 aliphatic carbocycles. The highest BCUT2D eigenvalue weighted by atomic mass is 32.2. The van der Waals surface area contributed by atoms with Gasteiger partial charge in [0, 0.05) is 51.3 Å². The Kier molecular flexibility index (Phi) is 9.85. The van der Waals surface area contributed by atoms with Crippen molar-refractivity contribution in [2.75, 3.05) is 64.6 Å². The topological polar surface area (TPSA) is 54.0 Å². The highest BCUT2D eigenvalue weighted by Crippen LogP contribution is 2.07. The largest absolute Gasteiger partial charge is 0.389 e. The Morgan fingerprint density at radius 3 is 2.74 bits per heavy atom. The van der Waals surface area contributed by atoms with Crippen LogP contribution in [0, 0.1) is 0 Å². The number of thioether (sulfide) groups is 1. The molecule has 0 saturated carbocycles. The summed E-state index contributed by atoms with van der Waals surface area (Å²) < 4.78 is 10.4. The molecule has 114 valence electrons. The number of hydrogen-bond acceptors (Lipinski definition) is 6. The van der Waals surface area contributed by atoms with E-state index in [2.05, 4.69) is 10.2 Å². The highest BCUT2D eigenvalue weighted by Gasteiger charge is 2.10. The fourth-order valence-electron chi connectivity index (χ4n) is 1.95. The molecule has 1 aliphatic rings. The lowest BCUT2D eigenvalue weighted by Crippen LogP contribution is -2.40. The zero-order valence-corrected chi connectivity index (χ0v) is 13.0. The van der Waals surface area contributed by atoms with E-state index in [1.165, 1.54) is 24.6 Å². The van der Waals surface area contributed by atoms with Crippen LogP contribution in [0.4, 0.5) is 0 Å². The maximum atomic E-state index is 9.76. The van der Waals surface area contributed by atoms with Crippen molar-refractivity contribution < 1.29 is 14.6 Å². The standard InChI is InChI=1S/C13H28N2O3S/c1-12(10-17-2)18-11-13(16)9-14-3-4-15-5-7-19-8-6-15/h12-14,16H,3-11H2,1-2H3. The average molecular weight is 292 g/mol. The number of rotatable bonds is 10. The molecule has 1 fully saturated rings. The molecule has 0 spiro atoms. The minimum Gasteiger partial charge on any atom is -0.389 e. The normalized spacial score (nSPS) is 20.4. The van der Waals surface area contributed by atoms with E-state index in [4.69, 9.17) is 9.47 Å². The maximum Gasteiger partial charge on any atom is 0.0897 e.